The number of ether oxygens (including phenoxy) is 1. The molecule has 0 spiro atoms. The molecule has 0 aliphatic carbocycles. The lowest BCUT2D eigenvalue weighted by atomic mass is 10.1. The van der Waals surface area contributed by atoms with Gasteiger partial charge in [0.25, 0.3) is 0 Å². The van der Waals surface area contributed by atoms with E-state index in [1.807, 2.05) is 11.8 Å². The minimum atomic E-state index is 0.604. The van der Waals surface area contributed by atoms with Gasteiger partial charge in [0.15, 0.2) is 0 Å². The third-order valence-electron chi connectivity index (χ3n) is 3.34. The van der Waals surface area contributed by atoms with E-state index in [0.29, 0.717) is 12.0 Å². The molecule has 114 valence electrons. The molecule has 3 heteroatoms. The van der Waals surface area contributed by atoms with Gasteiger partial charge in [-0.2, -0.15) is 11.8 Å². The molecule has 1 rings (SSSR count). The first-order valence-corrected chi connectivity index (χ1v) is 8.99. The van der Waals surface area contributed by atoms with Crippen LogP contribution in [0.4, 0.5) is 0 Å². The molecule has 0 saturated heterocycles. The maximum atomic E-state index is 5.73. The lowest BCUT2D eigenvalue weighted by Crippen LogP contribution is -2.30. The first-order valence-electron chi connectivity index (χ1n) is 7.59. The summed E-state index contributed by atoms with van der Waals surface area (Å²) in [6.07, 6.45) is 4.45. The number of benzene rings is 1. The van der Waals surface area contributed by atoms with Crippen molar-refractivity contribution in [3.63, 3.8) is 0 Å². The quantitative estimate of drug-likeness (QED) is 0.693. The van der Waals surface area contributed by atoms with Crippen molar-refractivity contribution in [1.29, 1.82) is 0 Å². The number of hydrogen-bond donors (Lipinski definition) is 1. The molecule has 0 aromatic heterocycles. The smallest absolute Gasteiger partial charge is 0.119 e. The van der Waals surface area contributed by atoms with Crippen LogP contribution in [0.15, 0.2) is 24.3 Å². The molecule has 1 unspecified atom stereocenters. The Morgan fingerprint density at radius 2 is 1.90 bits per heavy atom. The Hall–Kier alpha value is -0.670. The normalized spacial score (nSPS) is 12.7. The van der Waals surface area contributed by atoms with Crippen molar-refractivity contribution in [3.8, 4) is 5.75 Å². The Morgan fingerprint density at radius 3 is 2.45 bits per heavy atom. The molecule has 1 N–H and O–H groups in total. The summed E-state index contributed by atoms with van der Waals surface area (Å²) in [4.78, 5) is 0. The predicted octanol–water partition coefficient (Wildman–Crippen LogP) is 4.34. The standard InChI is InChI=1S/C17H29NOS/c1-5-16(13-20-4)18-12-15-6-8-17(9-7-15)19-11-10-14(2)3/h6-9,14,16,18H,5,10-13H2,1-4H3. The van der Waals surface area contributed by atoms with Crippen molar-refractivity contribution in [2.75, 3.05) is 18.6 Å². The summed E-state index contributed by atoms with van der Waals surface area (Å²) in [5.41, 5.74) is 1.32. The fourth-order valence-corrected chi connectivity index (χ4v) is 2.66. The third-order valence-corrected chi connectivity index (χ3v) is 4.08. The van der Waals surface area contributed by atoms with Crippen molar-refractivity contribution >= 4 is 11.8 Å². The van der Waals surface area contributed by atoms with Gasteiger partial charge in [-0.05, 0) is 42.7 Å². The highest BCUT2D eigenvalue weighted by Crippen LogP contribution is 2.13. The van der Waals surface area contributed by atoms with Crippen molar-refractivity contribution in [2.45, 2.75) is 46.2 Å². The van der Waals surface area contributed by atoms with E-state index in [2.05, 4.69) is 56.6 Å². The average Bonchev–Trinajstić information content (AvgIpc) is 2.44. The van der Waals surface area contributed by atoms with Crippen LogP contribution in [0.25, 0.3) is 0 Å². The van der Waals surface area contributed by atoms with E-state index < -0.39 is 0 Å². The fraction of sp³-hybridized carbons (Fsp3) is 0.647. The highest BCUT2D eigenvalue weighted by Gasteiger charge is 2.04. The van der Waals surface area contributed by atoms with E-state index in [1.165, 1.54) is 17.7 Å². The van der Waals surface area contributed by atoms with E-state index in [9.17, 15) is 0 Å². The Kier molecular flexibility index (Phi) is 8.79. The Bertz CT molecular complexity index is 351. The van der Waals surface area contributed by atoms with Gasteiger partial charge in [-0.15, -0.1) is 0 Å². The van der Waals surface area contributed by atoms with Gasteiger partial charge in [0.2, 0.25) is 0 Å². The molecular weight excluding hydrogens is 266 g/mol. The summed E-state index contributed by atoms with van der Waals surface area (Å²) >= 11 is 1.90. The van der Waals surface area contributed by atoms with Crippen LogP contribution in [-0.2, 0) is 6.54 Å². The van der Waals surface area contributed by atoms with Crippen LogP contribution in [0, 0.1) is 5.92 Å². The van der Waals surface area contributed by atoms with Crippen molar-refractivity contribution in [1.82, 2.24) is 5.32 Å². The molecule has 0 saturated carbocycles. The van der Waals surface area contributed by atoms with E-state index in [-0.39, 0.29) is 0 Å². The zero-order valence-corrected chi connectivity index (χ0v) is 14.1. The number of rotatable bonds is 10. The molecule has 1 aromatic carbocycles. The van der Waals surface area contributed by atoms with Gasteiger partial charge in [-0.3, -0.25) is 0 Å². The molecule has 0 aliphatic heterocycles. The second-order valence-corrected chi connectivity index (χ2v) is 6.53. The Balaban J connectivity index is 2.34. The van der Waals surface area contributed by atoms with Crippen LogP contribution in [-0.4, -0.2) is 24.7 Å². The van der Waals surface area contributed by atoms with Crippen molar-refractivity contribution in [2.24, 2.45) is 5.92 Å². The first kappa shape index (κ1) is 17.4. The number of hydrogen-bond acceptors (Lipinski definition) is 3. The highest BCUT2D eigenvalue weighted by atomic mass is 32.2. The fourth-order valence-electron chi connectivity index (χ4n) is 1.90. The van der Waals surface area contributed by atoms with Crippen molar-refractivity contribution < 1.29 is 4.74 Å². The molecule has 20 heavy (non-hydrogen) atoms. The Morgan fingerprint density at radius 1 is 1.20 bits per heavy atom. The van der Waals surface area contributed by atoms with Crippen LogP contribution >= 0.6 is 11.8 Å². The van der Waals surface area contributed by atoms with E-state index >= 15 is 0 Å². The minimum Gasteiger partial charge on any atom is -0.494 e. The topological polar surface area (TPSA) is 21.3 Å². The molecule has 1 aromatic rings. The summed E-state index contributed by atoms with van der Waals surface area (Å²) in [7, 11) is 0. The molecule has 0 heterocycles. The predicted molar refractivity (Wildman–Crippen MR) is 90.7 cm³/mol. The lowest BCUT2D eigenvalue weighted by molar-refractivity contribution is 0.289. The highest BCUT2D eigenvalue weighted by molar-refractivity contribution is 7.98. The average molecular weight is 295 g/mol. The molecule has 0 amide bonds. The van der Waals surface area contributed by atoms with Crippen LogP contribution in [0.2, 0.25) is 0 Å². The van der Waals surface area contributed by atoms with Gasteiger partial charge in [0.05, 0.1) is 6.61 Å². The second-order valence-electron chi connectivity index (χ2n) is 5.62. The summed E-state index contributed by atoms with van der Waals surface area (Å²) in [5, 5.41) is 3.60. The minimum absolute atomic E-state index is 0.604. The summed E-state index contributed by atoms with van der Waals surface area (Å²) in [5.74, 6) is 2.85. The third kappa shape index (κ3) is 7.20. The molecule has 0 radical (unpaired) electrons. The van der Waals surface area contributed by atoms with E-state index in [0.717, 1.165) is 25.3 Å². The largest absolute Gasteiger partial charge is 0.494 e. The SMILES string of the molecule is CCC(CSC)NCc1ccc(OCCC(C)C)cc1. The summed E-state index contributed by atoms with van der Waals surface area (Å²) < 4.78 is 5.73. The van der Waals surface area contributed by atoms with Crippen LogP contribution in [0.5, 0.6) is 5.75 Å². The van der Waals surface area contributed by atoms with Crippen LogP contribution in [0.3, 0.4) is 0 Å². The lowest BCUT2D eigenvalue weighted by Gasteiger charge is -2.16. The first-order chi connectivity index (χ1) is 9.65. The van der Waals surface area contributed by atoms with Gasteiger partial charge >= 0.3 is 0 Å². The molecule has 1 atom stereocenters. The summed E-state index contributed by atoms with van der Waals surface area (Å²) in [6.45, 7) is 8.42. The second kappa shape index (κ2) is 10.1. The molecule has 0 fully saturated rings. The zero-order chi connectivity index (χ0) is 14.8. The number of nitrogens with one attached hydrogen (secondary N) is 1. The van der Waals surface area contributed by atoms with E-state index in [4.69, 9.17) is 4.74 Å². The molecular formula is C17H29NOS. The van der Waals surface area contributed by atoms with Gasteiger partial charge in [-0.1, -0.05) is 32.9 Å². The number of thioether (sulfide) groups is 1. The zero-order valence-electron chi connectivity index (χ0n) is 13.3. The van der Waals surface area contributed by atoms with Crippen molar-refractivity contribution in [3.05, 3.63) is 29.8 Å². The van der Waals surface area contributed by atoms with Gasteiger partial charge < -0.3 is 10.1 Å². The van der Waals surface area contributed by atoms with Gasteiger partial charge in [0, 0.05) is 18.3 Å². The van der Waals surface area contributed by atoms with Gasteiger partial charge in [-0.25, -0.2) is 0 Å². The van der Waals surface area contributed by atoms with Crippen LogP contribution in [0.1, 0.15) is 39.2 Å². The van der Waals surface area contributed by atoms with E-state index in [1.54, 1.807) is 0 Å². The Labute approximate surface area is 128 Å². The molecule has 0 bridgehead atoms. The summed E-state index contributed by atoms with van der Waals surface area (Å²) in [6, 6.07) is 9.07. The maximum Gasteiger partial charge on any atom is 0.119 e. The molecule has 0 aliphatic rings. The van der Waals surface area contributed by atoms with Crippen LogP contribution < -0.4 is 10.1 Å². The molecule has 2 nitrogen and oxygen atoms in total. The van der Waals surface area contributed by atoms with Gasteiger partial charge in [0.1, 0.15) is 5.75 Å². The monoisotopic (exact) mass is 295 g/mol. The maximum absolute atomic E-state index is 5.73.